The number of carbonyl (C=O) groups excluding carboxylic acids is 2. The second kappa shape index (κ2) is 10.2. The number of aryl methyl sites for hydroxylation is 1. The van der Waals surface area contributed by atoms with Gasteiger partial charge in [-0.2, -0.15) is 13.2 Å². The average Bonchev–Trinajstić information content (AvgIpc) is 2.77. The lowest BCUT2D eigenvalue weighted by molar-refractivity contribution is -0.140. The summed E-state index contributed by atoms with van der Waals surface area (Å²) >= 11 is 0. The molecule has 3 nitrogen and oxygen atoms in total. The van der Waals surface area contributed by atoms with Gasteiger partial charge in [0.25, 0.3) is 0 Å². The van der Waals surface area contributed by atoms with Gasteiger partial charge in [-0.3, -0.25) is 4.79 Å². The second-order valence-corrected chi connectivity index (χ2v) is 8.23. The number of rotatable bonds is 6. The third-order valence-corrected chi connectivity index (χ3v) is 5.93. The second-order valence-electron chi connectivity index (χ2n) is 8.23. The van der Waals surface area contributed by atoms with E-state index >= 15 is 0 Å². The number of benzene rings is 2. The minimum Gasteiger partial charge on any atom is -0.462 e. The van der Waals surface area contributed by atoms with Gasteiger partial charge in [0, 0.05) is 5.92 Å². The summed E-state index contributed by atoms with van der Waals surface area (Å²) in [5, 5.41) is 0. The Kier molecular flexibility index (Phi) is 7.54. The van der Waals surface area contributed by atoms with Crippen molar-refractivity contribution in [2.75, 3.05) is 6.61 Å². The van der Waals surface area contributed by atoms with E-state index in [0.717, 1.165) is 25.0 Å². The van der Waals surface area contributed by atoms with Crippen LogP contribution in [-0.2, 0) is 20.5 Å². The van der Waals surface area contributed by atoms with E-state index in [0.29, 0.717) is 18.8 Å². The quantitative estimate of drug-likeness (QED) is 0.221. The lowest BCUT2D eigenvalue weighted by Gasteiger charge is -2.28. The van der Waals surface area contributed by atoms with Crippen LogP contribution in [0.5, 0.6) is 0 Å². The number of alkyl halides is 3. The van der Waals surface area contributed by atoms with Gasteiger partial charge in [-0.05, 0) is 74.8 Å². The highest BCUT2D eigenvalue weighted by Gasteiger charge is 2.33. The fourth-order valence-electron chi connectivity index (χ4n) is 4.16. The predicted molar refractivity (Wildman–Crippen MR) is 117 cm³/mol. The van der Waals surface area contributed by atoms with Gasteiger partial charge in [-0.25, -0.2) is 4.79 Å². The average molecular weight is 444 g/mol. The fourth-order valence-corrected chi connectivity index (χ4v) is 4.16. The van der Waals surface area contributed by atoms with Crippen molar-refractivity contribution in [3.05, 3.63) is 76.4 Å². The van der Waals surface area contributed by atoms with Crippen molar-refractivity contribution < 1.29 is 27.5 Å². The van der Waals surface area contributed by atoms with Crippen LogP contribution in [0.2, 0.25) is 0 Å². The highest BCUT2D eigenvalue weighted by atomic mass is 19.4. The topological polar surface area (TPSA) is 43.4 Å². The van der Waals surface area contributed by atoms with Gasteiger partial charge in [-0.1, -0.05) is 42.0 Å². The summed E-state index contributed by atoms with van der Waals surface area (Å²) in [4.78, 5) is 25.7. The molecule has 2 aromatic rings. The molecule has 1 saturated carbocycles. The van der Waals surface area contributed by atoms with E-state index in [1.54, 1.807) is 6.92 Å². The van der Waals surface area contributed by atoms with Crippen LogP contribution in [0.3, 0.4) is 0 Å². The molecule has 0 heterocycles. The van der Waals surface area contributed by atoms with Crippen LogP contribution in [0.15, 0.2) is 54.1 Å². The Labute approximate surface area is 186 Å². The van der Waals surface area contributed by atoms with Crippen LogP contribution in [0.25, 0.3) is 6.08 Å². The van der Waals surface area contributed by atoms with Crippen LogP contribution in [0, 0.1) is 12.8 Å². The zero-order valence-electron chi connectivity index (χ0n) is 18.2. The molecule has 170 valence electrons. The molecule has 0 amide bonds. The highest BCUT2D eigenvalue weighted by molar-refractivity contribution is 6.21. The molecule has 1 fully saturated rings. The van der Waals surface area contributed by atoms with Crippen LogP contribution in [-0.4, -0.2) is 18.4 Å². The summed E-state index contributed by atoms with van der Waals surface area (Å²) in [6.07, 6.45) is -0.403. The van der Waals surface area contributed by atoms with Crippen molar-refractivity contribution >= 4 is 17.8 Å². The summed E-state index contributed by atoms with van der Waals surface area (Å²) in [6.45, 7) is 3.73. The molecule has 0 radical (unpaired) electrons. The number of ketones is 1. The number of ether oxygens (including phenoxy) is 1. The Balaban J connectivity index is 1.79. The van der Waals surface area contributed by atoms with Gasteiger partial charge < -0.3 is 4.74 Å². The molecule has 0 aromatic heterocycles. The van der Waals surface area contributed by atoms with Gasteiger partial charge in [0.15, 0.2) is 5.78 Å². The summed E-state index contributed by atoms with van der Waals surface area (Å²) in [5.41, 5.74) is 1.55. The monoisotopic (exact) mass is 444 g/mol. The van der Waals surface area contributed by atoms with E-state index in [4.69, 9.17) is 4.74 Å². The van der Waals surface area contributed by atoms with Gasteiger partial charge >= 0.3 is 12.1 Å². The first kappa shape index (κ1) is 23.8. The van der Waals surface area contributed by atoms with E-state index in [2.05, 4.69) is 24.3 Å². The summed E-state index contributed by atoms with van der Waals surface area (Å²) in [6, 6.07) is 13.0. The van der Waals surface area contributed by atoms with Crippen LogP contribution in [0.4, 0.5) is 13.2 Å². The Morgan fingerprint density at radius 1 is 1.03 bits per heavy atom. The largest absolute Gasteiger partial charge is 0.462 e. The standard InChI is InChI=1S/C26H27F3O3/c1-3-32-25(31)23(16-18-5-4-6-22(15-18)26(27,28)29)24(30)21-13-11-20(12-14-21)19-9-7-17(2)8-10-19/h4-10,15-16,20-21H,3,11-14H2,1-2H3/b23-16-/t20-,21-. The normalized spacial score (nSPS) is 19.5. The van der Waals surface area contributed by atoms with Crippen LogP contribution < -0.4 is 0 Å². The van der Waals surface area contributed by atoms with Crippen molar-refractivity contribution in [1.82, 2.24) is 0 Å². The van der Waals surface area contributed by atoms with Crippen molar-refractivity contribution in [3.8, 4) is 0 Å². The van der Waals surface area contributed by atoms with Crippen molar-refractivity contribution in [1.29, 1.82) is 0 Å². The number of hydrogen-bond donors (Lipinski definition) is 0. The molecular formula is C26H27F3O3. The molecule has 0 spiro atoms. The number of halogens is 3. The predicted octanol–water partition coefficient (Wildman–Crippen LogP) is 6.50. The van der Waals surface area contributed by atoms with Crippen LogP contribution >= 0.6 is 0 Å². The first-order valence-corrected chi connectivity index (χ1v) is 10.9. The maximum Gasteiger partial charge on any atom is 0.416 e. The molecule has 0 unspecified atom stereocenters. The molecule has 1 aliphatic rings. The Bertz CT molecular complexity index is 982. The van der Waals surface area contributed by atoms with Crippen molar-refractivity contribution in [2.24, 2.45) is 5.92 Å². The summed E-state index contributed by atoms with van der Waals surface area (Å²) in [5.74, 6) is -1.14. The van der Waals surface area contributed by atoms with Gasteiger partial charge in [-0.15, -0.1) is 0 Å². The molecular weight excluding hydrogens is 417 g/mol. The van der Waals surface area contributed by atoms with Gasteiger partial charge in [0.2, 0.25) is 0 Å². The minimum absolute atomic E-state index is 0.0756. The van der Waals surface area contributed by atoms with E-state index in [-0.39, 0.29) is 29.4 Å². The van der Waals surface area contributed by atoms with E-state index in [9.17, 15) is 22.8 Å². The zero-order valence-corrected chi connectivity index (χ0v) is 18.2. The number of esters is 1. The van der Waals surface area contributed by atoms with Gasteiger partial charge in [0.05, 0.1) is 12.2 Å². The maximum absolute atomic E-state index is 13.2. The molecule has 0 saturated heterocycles. The van der Waals surface area contributed by atoms with E-state index in [1.807, 2.05) is 6.92 Å². The molecule has 6 heteroatoms. The third-order valence-electron chi connectivity index (χ3n) is 5.93. The molecule has 32 heavy (non-hydrogen) atoms. The number of hydrogen-bond acceptors (Lipinski definition) is 3. The van der Waals surface area contributed by atoms with Gasteiger partial charge in [0.1, 0.15) is 5.57 Å². The minimum atomic E-state index is -4.51. The molecule has 2 aromatic carbocycles. The molecule has 0 N–H and O–H groups in total. The first-order valence-electron chi connectivity index (χ1n) is 10.9. The number of carbonyl (C=O) groups is 2. The number of Topliss-reactive ketones (excluding diaryl/α,β-unsaturated/α-hetero) is 1. The fraction of sp³-hybridized carbons (Fsp3) is 0.385. The lowest BCUT2D eigenvalue weighted by Crippen LogP contribution is -2.26. The third kappa shape index (κ3) is 5.87. The van der Waals surface area contributed by atoms with E-state index in [1.165, 1.54) is 29.3 Å². The molecule has 0 atom stereocenters. The van der Waals surface area contributed by atoms with E-state index < -0.39 is 17.7 Å². The summed E-state index contributed by atoms with van der Waals surface area (Å²) in [7, 11) is 0. The smallest absolute Gasteiger partial charge is 0.416 e. The highest BCUT2D eigenvalue weighted by Crippen LogP contribution is 2.37. The lowest BCUT2D eigenvalue weighted by atomic mass is 9.76. The Hall–Kier alpha value is -2.89. The molecule has 0 aliphatic heterocycles. The Morgan fingerprint density at radius 2 is 1.69 bits per heavy atom. The Morgan fingerprint density at radius 3 is 2.28 bits per heavy atom. The van der Waals surface area contributed by atoms with Crippen LogP contribution in [0.1, 0.15) is 60.8 Å². The SMILES string of the molecule is CCOC(=O)/C(=C\c1cccc(C(F)(F)F)c1)C(=O)[C@H]1CC[C@H](c2ccc(C)cc2)CC1. The molecule has 3 rings (SSSR count). The maximum atomic E-state index is 13.2. The van der Waals surface area contributed by atoms with Crippen molar-refractivity contribution in [2.45, 2.75) is 51.6 Å². The van der Waals surface area contributed by atoms with Crippen molar-refractivity contribution in [3.63, 3.8) is 0 Å². The molecule has 0 bridgehead atoms. The summed E-state index contributed by atoms with van der Waals surface area (Å²) < 4.78 is 44.2. The zero-order chi connectivity index (χ0) is 23.3. The molecule has 1 aliphatic carbocycles. The first-order chi connectivity index (χ1) is 15.2.